The van der Waals surface area contributed by atoms with Gasteiger partial charge >= 0.3 is 0 Å². The molecule has 0 fully saturated rings. The molecule has 0 saturated carbocycles. The standard InChI is InChI=1S/C8H10S.ClH/c1-7-3-5-8(9-2)6-4-7;/h3-6H,1-2H3;1H/p-1. The molecule has 0 nitrogen and oxygen atoms in total. The Morgan fingerprint density at radius 2 is 1.60 bits per heavy atom. The van der Waals surface area contributed by atoms with Crippen molar-refractivity contribution in [1.82, 2.24) is 0 Å². The monoisotopic (exact) mass is 173 g/mol. The molecule has 1 aromatic carbocycles. The first-order valence-electron chi connectivity index (χ1n) is 2.93. The molecule has 56 valence electrons. The van der Waals surface area contributed by atoms with Gasteiger partial charge in [0.2, 0.25) is 0 Å². The van der Waals surface area contributed by atoms with Gasteiger partial charge in [0.05, 0.1) is 0 Å². The van der Waals surface area contributed by atoms with Crippen LogP contribution in [0, 0.1) is 6.92 Å². The lowest BCUT2D eigenvalue weighted by atomic mass is 10.2. The molecule has 0 aromatic heterocycles. The molecule has 1 aromatic rings. The number of hydrogen-bond acceptors (Lipinski definition) is 1. The average molecular weight is 174 g/mol. The minimum absolute atomic E-state index is 0. The Bertz CT molecular complexity index is 181. The Morgan fingerprint density at radius 3 is 2.00 bits per heavy atom. The van der Waals surface area contributed by atoms with Crippen LogP contribution >= 0.6 is 11.8 Å². The Kier molecular flexibility index (Phi) is 4.58. The summed E-state index contributed by atoms with van der Waals surface area (Å²) >= 11 is 1.78. The van der Waals surface area contributed by atoms with Crippen molar-refractivity contribution in [1.29, 1.82) is 0 Å². The fourth-order valence-corrected chi connectivity index (χ4v) is 1.08. The molecule has 0 amide bonds. The Balaban J connectivity index is 0.000000810. The first kappa shape index (κ1) is 9.86. The highest BCUT2D eigenvalue weighted by molar-refractivity contribution is 7.98. The number of hydrogen-bond donors (Lipinski definition) is 0. The van der Waals surface area contributed by atoms with Gasteiger partial charge in [-0.05, 0) is 25.3 Å². The zero-order valence-corrected chi connectivity index (χ0v) is 7.67. The normalized spacial score (nSPS) is 8.60. The molecule has 0 saturated heterocycles. The maximum absolute atomic E-state index is 2.14. The Labute approximate surface area is 72.4 Å². The molecule has 0 radical (unpaired) electrons. The lowest BCUT2D eigenvalue weighted by molar-refractivity contribution is -0.00000192. The molecule has 0 bridgehead atoms. The summed E-state index contributed by atoms with van der Waals surface area (Å²) in [6, 6.07) is 8.54. The molecule has 0 unspecified atom stereocenters. The van der Waals surface area contributed by atoms with E-state index in [1.807, 2.05) is 0 Å². The van der Waals surface area contributed by atoms with Crippen molar-refractivity contribution in [2.75, 3.05) is 6.26 Å². The smallest absolute Gasteiger partial charge is 0.00693 e. The van der Waals surface area contributed by atoms with Crippen LogP contribution in [0.25, 0.3) is 0 Å². The van der Waals surface area contributed by atoms with Crippen LogP contribution in [0.15, 0.2) is 29.2 Å². The van der Waals surface area contributed by atoms with Gasteiger partial charge in [0.15, 0.2) is 0 Å². The van der Waals surface area contributed by atoms with Gasteiger partial charge in [-0.1, -0.05) is 17.7 Å². The third kappa shape index (κ3) is 2.63. The minimum Gasteiger partial charge on any atom is -1.00 e. The van der Waals surface area contributed by atoms with Gasteiger partial charge in [-0.15, -0.1) is 11.8 Å². The maximum Gasteiger partial charge on any atom is 0.00693 e. The third-order valence-corrected chi connectivity index (χ3v) is 2.00. The highest BCUT2D eigenvalue weighted by atomic mass is 35.5. The molecule has 0 heterocycles. The second-order valence-electron chi connectivity index (χ2n) is 2.02. The minimum atomic E-state index is 0. The van der Waals surface area contributed by atoms with Crippen LogP contribution < -0.4 is 12.4 Å². The highest BCUT2D eigenvalue weighted by Gasteiger charge is 1.85. The molecule has 0 N–H and O–H groups in total. The molecule has 2 heteroatoms. The van der Waals surface area contributed by atoms with Crippen molar-refractivity contribution in [2.24, 2.45) is 0 Å². The second kappa shape index (κ2) is 4.64. The predicted molar refractivity (Wildman–Crippen MR) is 43.0 cm³/mol. The molecule has 0 atom stereocenters. The maximum atomic E-state index is 2.14. The van der Waals surface area contributed by atoms with E-state index in [9.17, 15) is 0 Å². The van der Waals surface area contributed by atoms with Crippen molar-refractivity contribution in [3.05, 3.63) is 29.8 Å². The SMILES string of the molecule is CSc1ccc(C)cc1.[Cl-]. The van der Waals surface area contributed by atoms with Crippen LogP contribution in [-0.4, -0.2) is 6.26 Å². The number of rotatable bonds is 1. The lowest BCUT2D eigenvalue weighted by Gasteiger charge is -1.93. The van der Waals surface area contributed by atoms with E-state index in [-0.39, 0.29) is 12.4 Å². The summed E-state index contributed by atoms with van der Waals surface area (Å²) < 4.78 is 0. The Hall–Kier alpha value is -0.140. The molecule has 0 aliphatic carbocycles. The molecular formula is C8H10ClS-. The van der Waals surface area contributed by atoms with Gasteiger partial charge in [0.1, 0.15) is 0 Å². The van der Waals surface area contributed by atoms with E-state index in [2.05, 4.69) is 37.4 Å². The summed E-state index contributed by atoms with van der Waals surface area (Å²) in [5.74, 6) is 0. The van der Waals surface area contributed by atoms with Crippen LogP contribution in [-0.2, 0) is 0 Å². The molecular weight excluding hydrogens is 164 g/mol. The predicted octanol–water partition coefficient (Wildman–Crippen LogP) is -0.279. The van der Waals surface area contributed by atoms with Gasteiger partial charge in [0.25, 0.3) is 0 Å². The first-order valence-corrected chi connectivity index (χ1v) is 4.16. The lowest BCUT2D eigenvalue weighted by Crippen LogP contribution is -3.00. The second-order valence-corrected chi connectivity index (χ2v) is 2.90. The van der Waals surface area contributed by atoms with E-state index >= 15 is 0 Å². The zero-order valence-electron chi connectivity index (χ0n) is 6.10. The van der Waals surface area contributed by atoms with E-state index in [0.29, 0.717) is 0 Å². The van der Waals surface area contributed by atoms with E-state index in [1.54, 1.807) is 11.8 Å². The van der Waals surface area contributed by atoms with Crippen molar-refractivity contribution < 1.29 is 12.4 Å². The highest BCUT2D eigenvalue weighted by Crippen LogP contribution is 2.13. The van der Waals surface area contributed by atoms with Gasteiger partial charge in [-0.2, -0.15) is 0 Å². The van der Waals surface area contributed by atoms with Crippen LogP contribution in [0.1, 0.15) is 5.56 Å². The van der Waals surface area contributed by atoms with Gasteiger partial charge in [-0.25, -0.2) is 0 Å². The van der Waals surface area contributed by atoms with E-state index in [4.69, 9.17) is 0 Å². The van der Waals surface area contributed by atoms with Gasteiger partial charge in [0, 0.05) is 4.90 Å². The van der Waals surface area contributed by atoms with Crippen molar-refractivity contribution in [3.63, 3.8) is 0 Å². The number of halogens is 1. The van der Waals surface area contributed by atoms with Crippen LogP contribution in [0.3, 0.4) is 0 Å². The molecule has 0 aliphatic rings. The molecule has 0 aliphatic heterocycles. The van der Waals surface area contributed by atoms with Crippen molar-refractivity contribution >= 4 is 11.8 Å². The first-order chi connectivity index (χ1) is 4.33. The van der Waals surface area contributed by atoms with E-state index < -0.39 is 0 Å². The summed E-state index contributed by atoms with van der Waals surface area (Å²) in [4.78, 5) is 1.33. The summed E-state index contributed by atoms with van der Waals surface area (Å²) in [6.07, 6.45) is 2.09. The third-order valence-electron chi connectivity index (χ3n) is 1.26. The average Bonchev–Trinajstić information content (AvgIpc) is 1.90. The topological polar surface area (TPSA) is 0 Å². The molecule has 1 rings (SSSR count). The van der Waals surface area contributed by atoms with Crippen LogP contribution in [0.5, 0.6) is 0 Å². The largest absolute Gasteiger partial charge is 1.00 e. The van der Waals surface area contributed by atoms with Gasteiger partial charge in [-0.3, -0.25) is 0 Å². The van der Waals surface area contributed by atoms with E-state index in [1.165, 1.54) is 10.5 Å². The fraction of sp³-hybridized carbons (Fsp3) is 0.250. The van der Waals surface area contributed by atoms with Crippen LogP contribution in [0.2, 0.25) is 0 Å². The summed E-state index contributed by atoms with van der Waals surface area (Å²) in [5, 5.41) is 0. The zero-order chi connectivity index (χ0) is 6.69. The summed E-state index contributed by atoms with van der Waals surface area (Å²) in [6.45, 7) is 2.10. The number of benzene rings is 1. The molecule has 10 heavy (non-hydrogen) atoms. The molecule has 0 spiro atoms. The number of aryl methyl sites for hydroxylation is 1. The van der Waals surface area contributed by atoms with E-state index in [0.717, 1.165) is 0 Å². The van der Waals surface area contributed by atoms with Crippen LogP contribution in [0.4, 0.5) is 0 Å². The Morgan fingerprint density at radius 1 is 1.10 bits per heavy atom. The summed E-state index contributed by atoms with van der Waals surface area (Å²) in [7, 11) is 0. The summed E-state index contributed by atoms with van der Waals surface area (Å²) in [5.41, 5.74) is 1.33. The number of thioether (sulfide) groups is 1. The fourth-order valence-electron chi connectivity index (χ4n) is 0.674. The van der Waals surface area contributed by atoms with Gasteiger partial charge < -0.3 is 12.4 Å². The quantitative estimate of drug-likeness (QED) is 0.527. The van der Waals surface area contributed by atoms with Crippen molar-refractivity contribution in [2.45, 2.75) is 11.8 Å². The van der Waals surface area contributed by atoms with Crippen molar-refractivity contribution in [3.8, 4) is 0 Å².